The first-order valence-corrected chi connectivity index (χ1v) is 7.45. The van der Waals surface area contributed by atoms with Crippen LogP contribution in [-0.4, -0.2) is 55.2 Å². The highest BCUT2D eigenvalue weighted by molar-refractivity contribution is 5.84. The van der Waals surface area contributed by atoms with Crippen LogP contribution in [0, 0.1) is 0 Å². The van der Waals surface area contributed by atoms with Crippen molar-refractivity contribution >= 4 is 17.6 Å². The second kappa shape index (κ2) is 13.8. The van der Waals surface area contributed by atoms with Gasteiger partial charge in [0, 0.05) is 0 Å². The first-order chi connectivity index (χ1) is 9.88. The molecule has 0 bridgehead atoms. The van der Waals surface area contributed by atoms with E-state index in [4.69, 9.17) is 0 Å². The smallest absolute Gasteiger partial charge is 0.315 e. The molecule has 0 saturated heterocycles. The molecule has 0 saturated carbocycles. The third-order valence-electron chi connectivity index (χ3n) is 2.82. The van der Waals surface area contributed by atoms with Gasteiger partial charge in [0.1, 0.15) is 11.6 Å². The van der Waals surface area contributed by atoms with Crippen molar-refractivity contribution in [1.82, 2.24) is 10.2 Å². The highest BCUT2D eigenvalue weighted by Gasteiger charge is 2.25. The molecule has 0 fully saturated rings. The van der Waals surface area contributed by atoms with Gasteiger partial charge >= 0.3 is 6.04 Å². The minimum atomic E-state index is -1.53. The normalized spacial score (nSPS) is 11.6. The topological polar surface area (TPSA) is 66.5 Å². The van der Waals surface area contributed by atoms with Crippen molar-refractivity contribution in [2.45, 2.75) is 53.0 Å². The summed E-state index contributed by atoms with van der Waals surface area (Å²) < 4.78 is 12.6. The van der Waals surface area contributed by atoms with Crippen molar-refractivity contribution in [3.63, 3.8) is 0 Å². The molecule has 0 aromatic rings. The molecule has 0 aliphatic heterocycles. The van der Waals surface area contributed by atoms with Crippen LogP contribution in [0.15, 0.2) is 0 Å². The zero-order valence-electron chi connectivity index (χ0n) is 13.9. The Morgan fingerprint density at radius 2 is 1.67 bits per heavy atom. The first-order valence-electron chi connectivity index (χ1n) is 7.45. The van der Waals surface area contributed by atoms with Crippen molar-refractivity contribution in [3.8, 4) is 0 Å². The Balaban J connectivity index is 0. The van der Waals surface area contributed by atoms with E-state index >= 15 is 0 Å². The Morgan fingerprint density at radius 3 is 2.05 bits per heavy atom. The molecule has 1 N–H and O–H groups in total. The highest BCUT2D eigenvalue weighted by atomic mass is 19.1. The van der Waals surface area contributed by atoms with E-state index in [1.165, 1.54) is 18.7 Å². The minimum Gasteiger partial charge on any atom is -0.320 e. The Kier molecular flexibility index (Phi) is 14.6. The van der Waals surface area contributed by atoms with E-state index in [0.717, 1.165) is 19.4 Å². The van der Waals surface area contributed by atoms with E-state index in [0.29, 0.717) is 6.42 Å². The molecule has 6 heteroatoms. The Bertz CT molecular complexity index is 306. The molecule has 124 valence electrons. The summed E-state index contributed by atoms with van der Waals surface area (Å²) in [5.74, 6) is -0.338. The van der Waals surface area contributed by atoms with Crippen LogP contribution in [-0.2, 0) is 14.4 Å². The fourth-order valence-electron chi connectivity index (χ4n) is 2.00. The molecule has 5 nitrogen and oxygen atoms in total. The summed E-state index contributed by atoms with van der Waals surface area (Å²) in [7, 11) is 1.84. The average Bonchev–Trinajstić information content (AvgIpc) is 2.38. The van der Waals surface area contributed by atoms with E-state index in [1.807, 2.05) is 20.9 Å². The van der Waals surface area contributed by atoms with E-state index < -0.39 is 18.6 Å². The Hall–Kier alpha value is -1.14. The fraction of sp³-hybridized carbons (Fsp3) is 0.800. The second-order valence-corrected chi connectivity index (χ2v) is 4.69. The molecule has 1 unspecified atom stereocenters. The number of Topliss-reactive ketones (excluding diaryl/α,β-unsaturated/α-hetero) is 2. The van der Waals surface area contributed by atoms with Crippen LogP contribution in [0.5, 0.6) is 0 Å². The van der Waals surface area contributed by atoms with Crippen molar-refractivity contribution in [3.05, 3.63) is 0 Å². The number of unbranched alkanes of at least 4 members (excludes halogenated alkanes) is 1. The zero-order valence-corrected chi connectivity index (χ0v) is 13.9. The van der Waals surface area contributed by atoms with Crippen LogP contribution >= 0.6 is 0 Å². The molecule has 0 radical (unpaired) electrons. The van der Waals surface area contributed by atoms with Gasteiger partial charge in [-0.1, -0.05) is 20.3 Å². The van der Waals surface area contributed by atoms with E-state index in [1.54, 1.807) is 0 Å². The quantitative estimate of drug-likeness (QED) is 0.465. The van der Waals surface area contributed by atoms with Gasteiger partial charge in [-0.2, -0.15) is 4.39 Å². The molecular weight excluding hydrogens is 275 g/mol. The van der Waals surface area contributed by atoms with Crippen LogP contribution in [0.25, 0.3) is 0 Å². The zero-order chi connectivity index (χ0) is 16.8. The molecule has 0 rings (SSSR count). The maximum Gasteiger partial charge on any atom is 0.315 e. The summed E-state index contributed by atoms with van der Waals surface area (Å²) in [5.41, 5.74) is 0. The average molecular weight is 304 g/mol. The number of rotatable bonds is 11. The van der Waals surface area contributed by atoms with Gasteiger partial charge < -0.3 is 5.32 Å². The van der Waals surface area contributed by atoms with Gasteiger partial charge in [-0.05, 0) is 40.3 Å². The summed E-state index contributed by atoms with van der Waals surface area (Å²) in [4.78, 5) is 34.7. The lowest BCUT2D eigenvalue weighted by Crippen LogP contribution is -2.45. The van der Waals surface area contributed by atoms with Crippen LogP contribution in [0.3, 0.4) is 0 Å². The SMILES string of the molecule is CC.CNCCCCC(C(C)=O)N(CC(C)=O)CC(=O)F. The van der Waals surface area contributed by atoms with Gasteiger partial charge in [0.25, 0.3) is 0 Å². The molecular formula is C15H29FN2O3. The number of ketones is 2. The molecule has 0 aliphatic rings. The predicted octanol–water partition coefficient (Wildman–Crippen LogP) is 1.75. The number of carbonyl (C=O) groups is 3. The molecule has 0 heterocycles. The molecule has 21 heavy (non-hydrogen) atoms. The van der Waals surface area contributed by atoms with E-state index in [-0.39, 0.29) is 18.1 Å². The standard InChI is InChI=1S/C13H23FN2O3.C2H6/c1-10(17)8-16(9-13(14)19)12(11(2)18)6-4-5-7-15-3;1-2/h12,15H,4-9H2,1-3H3;1-2H3. The van der Waals surface area contributed by atoms with Crippen molar-refractivity contribution in [1.29, 1.82) is 0 Å². The van der Waals surface area contributed by atoms with Crippen LogP contribution in [0.1, 0.15) is 47.0 Å². The highest BCUT2D eigenvalue weighted by Crippen LogP contribution is 2.11. The molecule has 0 spiro atoms. The van der Waals surface area contributed by atoms with Crippen molar-refractivity contribution in [2.24, 2.45) is 0 Å². The third kappa shape index (κ3) is 12.3. The summed E-state index contributed by atoms with van der Waals surface area (Å²) >= 11 is 0. The number of hydrogen-bond donors (Lipinski definition) is 1. The van der Waals surface area contributed by atoms with E-state index in [2.05, 4.69) is 5.32 Å². The summed E-state index contributed by atoms with van der Waals surface area (Å²) in [6, 6.07) is -2.09. The lowest BCUT2D eigenvalue weighted by molar-refractivity contribution is -0.133. The number of hydrogen-bond acceptors (Lipinski definition) is 5. The summed E-state index contributed by atoms with van der Waals surface area (Å²) in [6.45, 7) is 7.01. The van der Waals surface area contributed by atoms with Gasteiger partial charge in [-0.25, -0.2) is 0 Å². The summed E-state index contributed by atoms with van der Waals surface area (Å²) in [6.07, 6.45) is 2.19. The van der Waals surface area contributed by atoms with Gasteiger partial charge in [0.05, 0.1) is 19.1 Å². The van der Waals surface area contributed by atoms with Crippen LogP contribution in [0.4, 0.5) is 4.39 Å². The van der Waals surface area contributed by atoms with Gasteiger partial charge in [-0.3, -0.25) is 19.3 Å². The fourth-order valence-corrected chi connectivity index (χ4v) is 2.00. The number of halogens is 1. The Morgan fingerprint density at radius 1 is 1.10 bits per heavy atom. The maximum atomic E-state index is 12.6. The first kappa shape index (κ1) is 22.1. The second-order valence-electron chi connectivity index (χ2n) is 4.69. The van der Waals surface area contributed by atoms with Crippen molar-refractivity contribution < 1.29 is 18.8 Å². The van der Waals surface area contributed by atoms with Gasteiger partial charge in [0.2, 0.25) is 0 Å². The van der Waals surface area contributed by atoms with E-state index in [9.17, 15) is 18.8 Å². The largest absolute Gasteiger partial charge is 0.320 e. The molecule has 0 aliphatic carbocycles. The lowest BCUT2D eigenvalue weighted by atomic mass is 10.0. The number of carbonyl (C=O) groups excluding carboxylic acids is 3. The minimum absolute atomic E-state index is 0.0774. The molecule has 1 atom stereocenters. The Labute approximate surface area is 127 Å². The molecule has 0 aromatic heterocycles. The molecule has 0 aromatic carbocycles. The van der Waals surface area contributed by atoms with Crippen LogP contribution < -0.4 is 5.32 Å². The maximum absolute atomic E-state index is 12.6. The van der Waals surface area contributed by atoms with Gasteiger partial charge in [-0.15, -0.1) is 0 Å². The number of nitrogens with zero attached hydrogens (tertiary/aromatic N) is 1. The lowest BCUT2D eigenvalue weighted by Gasteiger charge is -2.27. The molecule has 0 amide bonds. The monoisotopic (exact) mass is 304 g/mol. The van der Waals surface area contributed by atoms with Gasteiger partial charge in [0.15, 0.2) is 0 Å². The van der Waals surface area contributed by atoms with Crippen molar-refractivity contribution in [2.75, 3.05) is 26.7 Å². The predicted molar refractivity (Wildman–Crippen MR) is 82.0 cm³/mol. The number of nitrogens with one attached hydrogen (secondary N) is 1. The third-order valence-corrected chi connectivity index (χ3v) is 2.82. The van der Waals surface area contributed by atoms with Crippen LogP contribution in [0.2, 0.25) is 0 Å². The summed E-state index contributed by atoms with van der Waals surface area (Å²) in [5, 5.41) is 3.00.